The van der Waals surface area contributed by atoms with Crippen LogP contribution in [0.3, 0.4) is 0 Å². The van der Waals surface area contributed by atoms with Crippen molar-refractivity contribution in [2.45, 2.75) is 0 Å². The largest absolute Gasteiger partial charge is 0.479 e. The molecule has 0 fully saturated rings. The zero-order valence-electron chi connectivity index (χ0n) is 10.6. The summed E-state index contributed by atoms with van der Waals surface area (Å²) in [6.07, 6.45) is 1.31. The van der Waals surface area contributed by atoms with Gasteiger partial charge in [0.2, 0.25) is 5.88 Å². The van der Waals surface area contributed by atoms with Gasteiger partial charge in [-0.1, -0.05) is 0 Å². The average molecular weight is 266 g/mol. The fourth-order valence-electron chi connectivity index (χ4n) is 1.59. The van der Waals surface area contributed by atoms with Gasteiger partial charge in [-0.2, -0.15) is 15.5 Å². The van der Waals surface area contributed by atoms with Crippen LogP contribution in [0.5, 0.6) is 5.88 Å². The molecule has 98 valence electrons. The monoisotopic (exact) mass is 266 g/mol. The van der Waals surface area contributed by atoms with E-state index < -0.39 is 0 Å². The number of nitrogens with two attached hydrogens (primary N) is 1. The summed E-state index contributed by atoms with van der Waals surface area (Å²) < 4.78 is 4.99. The molecule has 0 spiro atoms. The first kappa shape index (κ1) is 13.1. The molecule has 1 aromatic heterocycles. The molecule has 0 saturated carbocycles. The summed E-state index contributed by atoms with van der Waals surface area (Å²) in [6, 6.07) is 8.66. The topological polar surface area (TPSA) is 121 Å². The van der Waals surface area contributed by atoms with Crippen molar-refractivity contribution in [3.8, 4) is 18.0 Å². The smallest absolute Gasteiger partial charge is 0.242 e. The van der Waals surface area contributed by atoms with Gasteiger partial charge in [-0.05, 0) is 18.2 Å². The van der Waals surface area contributed by atoms with Crippen molar-refractivity contribution in [2.24, 2.45) is 0 Å². The van der Waals surface area contributed by atoms with E-state index in [4.69, 9.17) is 21.0 Å². The molecule has 2 aromatic rings. The quantitative estimate of drug-likeness (QED) is 0.864. The minimum absolute atomic E-state index is 0.261. The first-order chi connectivity index (χ1) is 9.69. The second-order valence-corrected chi connectivity index (χ2v) is 3.75. The van der Waals surface area contributed by atoms with E-state index in [1.807, 2.05) is 12.1 Å². The molecule has 1 aromatic carbocycles. The molecular formula is C13H10N6O. The molecule has 0 bridgehead atoms. The van der Waals surface area contributed by atoms with Gasteiger partial charge in [-0.15, -0.1) is 0 Å². The Balaban J connectivity index is 2.37. The highest BCUT2D eigenvalue weighted by molar-refractivity contribution is 5.73. The molecule has 1 heterocycles. The molecule has 0 atom stereocenters. The number of anilines is 3. The highest BCUT2D eigenvalue weighted by atomic mass is 16.5. The van der Waals surface area contributed by atoms with Crippen molar-refractivity contribution in [3.05, 3.63) is 35.7 Å². The summed E-state index contributed by atoms with van der Waals surface area (Å²) in [5.41, 5.74) is 7.28. The van der Waals surface area contributed by atoms with Crippen molar-refractivity contribution < 1.29 is 4.74 Å². The van der Waals surface area contributed by atoms with E-state index >= 15 is 0 Å². The highest BCUT2D eigenvalue weighted by Gasteiger charge is 2.09. The van der Waals surface area contributed by atoms with Gasteiger partial charge in [0.05, 0.1) is 18.2 Å². The number of methoxy groups -OCH3 is 1. The van der Waals surface area contributed by atoms with Gasteiger partial charge in [-0.25, -0.2) is 4.98 Å². The van der Waals surface area contributed by atoms with Crippen LogP contribution in [-0.4, -0.2) is 17.1 Å². The molecule has 0 radical (unpaired) electrons. The van der Waals surface area contributed by atoms with Crippen molar-refractivity contribution >= 4 is 17.2 Å². The molecule has 7 heteroatoms. The second-order valence-electron chi connectivity index (χ2n) is 3.75. The fourth-order valence-corrected chi connectivity index (χ4v) is 1.59. The molecule has 20 heavy (non-hydrogen) atoms. The zero-order valence-corrected chi connectivity index (χ0v) is 10.6. The summed E-state index contributed by atoms with van der Waals surface area (Å²) in [4.78, 5) is 7.87. The summed E-state index contributed by atoms with van der Waals surface area (Å²) in [7, 11) is 1.46. The molecule has 0 aliphatic rings. The van der Waals surface area contributed by atoms with Crippen molar-refractivity contribution in [1.82, 2.24) is 9.97 Å². The van der Waals surface area contributed by atoms with Crippen LogP contribution in [0.25, 0.3) is 0 Å². The molecule has 2 rings (SSSR count). The number of aromatic nitrogens is 2. The van der Waals surface area contributed by atoms with Crippen LogP contribution >= 0.6 is 0 Å². The number of ether oxygens (including phenoxy) is 1. The zero-order chi connectivity index (χ0) is 14.5. The second kappa shape index (κ2) is 5.55. The normalized spacial score (nSPS) is 9.35. The van der Waals surface area contributed by atoms with Crippen LogP contribution in [0.1, 0.15) is 11.1 Å². The maximum atomic E-state index is 8.98. The predicted octanol–water partition coefficient (Wildman–Crippen LogP) is 1.55. The van der Waals surface area contributed by atoms with E-state index in [-0.39, 0.29) is 17.1 Å². The van der Waals surface area contributed by atoms with Crippen LogP contribution in [0.4, 0.5) is 17.2 Å². The Labute approximate surface area is 115 Å². The Morgan fingerprint density at radius 1 is 1.20 bits per heavy atom. The molecular weight excluding hydrogens is 256 g/mol. The van der Waals surface area contributed by atoms with Crippen molar-refractivity contribution in [2.75, 3.05) is 18.2 Å². The number of rotatable bonds is 3. The Kier molecular flexibility index (Phi) is 3.64. The summed E-state index contributed by atoms with van der Waals surface area (Å²) in [5, 5.41) is 20.8. The maximum absolute atomic E-state index is 8.98. The van der Waals surface area contributed by atoms with Gasteiger partial charge in [0.1, 0.15) is 24.2 Å². The van der Waals surface area contributed by atoms with Gasteiger partial charge >= 0.3 is 0 Å². The third-order valence-corrected chi connectivity index (χ3v) is 2.56. The van der Waals surface area contributed by atoms with Gasteiger partial charge in [0, 0.05) is 5.69 Å². The standard InChI is InChI=1S/C13H10N6O/c1-20-13-11(16)12(17-7-18-13)19-10-3-2-8(5-14)9(4-10)6-15/h2-4,7H,16H2,1H3,(H,17,18,19). The summed E-state index contributed by atoms with van der Waals surface area (Å²) in [6.45, 7) is 0. The van der Waals surface area contributed by atoms with Gasteiger partial charge < -0.3 is 15.8 Å². The van der Waals surface area contributed by atoms with Crippen LogP contribution < -0.4 is 15.8 Å². The van der Waals surface area contributed by atoms with Crippen molar-refractivity contribution in [3.63, 3.8) is 0 Å². The van der Waals surface area contributed by atoms with Crippen LogP contribution in [0.15, 0.2) is 24.5 Å². The lowest BCUT2D eigenvalue weighted by atomic mass is 10.1. The number of benzene rings is 1. The van der Waals surface area contributed by atoms with E-state index in [1.54, 1.807) is 18.2 Å². The summed E-state index contributed by atoms with van der Waals surface area (Å²) in [5.74, 6) is 0.627. The maximum Gasteiger partial charge on any atom is 0.242 e. The minimum atomic E-state index is 0.261. The average Bonchev–Trinajstić information content (AvgIpc) is 2.49. The molecule has 3 N–H and O–H groups in total. The number of nitrogen functional groups attached to an aromatic ring is 1. The lowest BCUT2D eigenvalue weighted by molar-refractivity contribution is 0.399. The number of nitrogens with zero attached hydrogens (tertiary/aromatic N) is 4. The number of nitriles is 2. The molecule has 0 amide bonds. The van der Waals surface area contributed by atoms with Gasteiger partial charge in [0.15, 0.2) is 5.82 Å². The number of hydrogen-bond donors (Lipinski definition) is 2. The van der Waals surface area contributed by atoms with Crippen LogP contribution in [0.2, 0.25) is 0 Å². The molecule has 0 aliphatic carbocycles. The predicted molar refractivity (Wildman–Crippen MR) is 72.2 cm³/mol. The van der Waals surface area contributed by atoms with Crippen molar-refractivity contribution in [1.29, 1.82) is 10.5 Å². The first-order valence-corrected chi connectivity index (χ1v) is 5.55. The molecule has 7 nitrogen and oxygen atoms in total. The lowest BCUT2D eigenvalue weighted by Gasteiger charge is -2.10. The molecule has 0 saturated heterocycles. The SMILES string of the molecule is COc1ncnc(Nc2ccc(C#N)c(C#N)c2)c1N. The number of hydrogen-bond acceptors (Lipinski definition) is 7. The van der Waals surface area contributed by atoms with E-state index in [0.29, 0.717) is 17.1 Å². The Morgan fingerprint density at radius 3 is 2.60 bits per heavy atom. The van der Waals surface area contributed by atoms with E-state index in [0.717, 1.165) is 0 Å². The Hall–Kier alpha value is -3.32. The minimum Gasteiger partial charge on any atom is -0.479 e. The van der Waals surface area contributed by atoms with E-state index in [1.165, 1.54) is 13.4 Å². The summed E-state index contributed by atoms with van der Waals surface area (Å²) >= 11 is 0. The van der Waals surface area contributed by atoms with Crippen LogP contribution in [0, 0.1) is 22.7 Å². The molecule has 0 unspecified atom stereocenters. The third kappa shape index (κ3) is 2.42. The Bertz CT molecular complexity index is 729. The molecule has 0 aliphatic heterocycles. The highest BCUT2D eigenvalue weighted by Crippen LogP contribution is 2.27. The third-order valence-electron chi connectivity index (χ3n) is 2.56. The van der Waals surface area contributed by atoms with Crippen LogP contribution in [-0.2, 0) is 0 Å². The van der Waals surface area contributed by atoms with E-state index in [9.17, 15) is 0 Å². The van der Waals surface area contributed by atoms with Gasteiger partial charge in [0.25, 0.3) is 0 Å². The van der Waals surface area contributed by atoms with E-state index in [2.05, 4.69) is 15.3 Å². The van der Waals surface area contributed by atoms with Gasteiger partial charge in [-0.3, -0.25) is 0 Å². The lowest BCUT2D eigenvalue weighted by Crippen LogP contribution is -2.03. The first-order valence-electron chi connectivity index (χ1n) is 5.55. The number of nitrogens with one attached hydrogen (secondary N) is 1. The Morgan fingerprint density at radius 2 is 1.95 bits per heavy atom. The fraction of sp³-hybridized carbons (Fsp3) is 0.0769.